The average Bonchev–Trinajstić information content (AvgIpc) is 3.26. The molecule has 5 nitrogen and oxygen atoms in total. The number of aryl methyl sites for hydroxylation is 1. The molecule has 1 aliphatic carbocycles. The van der Waals surface area contributed by atoms with Crippen LogP contribution in [-0.2, 0) is 9.53 Å². The van der Waals surface area contributed by atoms with E-state index in [0.717, 1.165) is 29.1 Å². The highest BCUT2D eigenvalue weighted by atomic mass is 32.1. The second-order valence-electron chi connectivity index (χ2n) is 6.84. The van der Waals surface area contributed by atoms with Crippen LogP contribution in [0.3, 0.4) is 0 Å². The van der Waals surface area contributed by atoms with E-state index in [1.54, 1.807) is 25.2 Å². The van der Waals surface area contributed by atoms with Crippen LogP contribution in [0.1, 0.15) is 54.9 Å². The smallest absolute Gasteiger partial charge is 0.351 e. The number of thiophene rings is 1. The Morgan fingerprint density at radius 1 is 1.35 bits per heavy atom. The monoisotopic (exact) mass is 392 g/mol. The van der Waals surface area contributed by atoms with Crippen LogP contribution in [0.4, 0.5) is 0 Å². The topological polar surface area (TPSA) is 68.3 Å². The number of hydrogen-bond donors (Lipinski definition) is 1. The van der Waals surface area contributed by atoms with Gasteiger partial charge in [0.2, 0.25) is 0 Å². The lowest BCUT2D eigenvalue weighted by atomic mass is 9.86. The molecular formula is C19H24N2O3S2. The number of thiazole rings is 1. The van der Waals surface area contributed by atoms with Gasteiger partial charge in [-0.15, -0.1) is 22.7 Å². The molecule has 1 aliphatic rings. The third-order valence-electron chi connectivity index (χ3n) is 4.81. The Balaban J connectivity index is 1.61. The highest BCUT2D eigenvalue weighted by molar-refractivity contribution is 7.22. The highest BCUT2D eigenvalue weighted by Crippen LogP contribution is 2.31. The van der Waals surface area contributed by atoms with Crippen LogP contribution in [0.5, 0.6) is 0 Å². The first-order valence-electron chi connectivity index (χ1n) is 8.98. The van der Waals surface area contributed by atoms with Crippen molar-refractivity contribution in [3.8, 4) is 9.88 Å². The summed E-state index contributed by atoms with van der Waals surface area (Å²) >= 11 is 2.89. The SMILES string of the molecule is Cc1nc(-c2cccs2)sc1C(=O)OC(C)C(=O)NC1CCCCC1C. The molecule has 2 aromatic heterocycles. The summed E-state index contributed by atoms with van der Waals surface area (Å²) in [6.07, 6.45) is 3.66. The number of nitrogens with one attached hydrogen (secondary N) is 1. The number of amides is 1. The molecule has 1 amide bonds. The molecule has 0 aliphatic heterocycles. The van der Waals surface area contributed by atoms with E-state index in [1.807, 2.05) is 17.5 Å². The number of carbonyl (C=O) groups excluding carboxylic acids is 2. The molecule has 3 atom stereocenters. The van der Waals surface area contributed by atoms with Crippen LogP contribution < -0.4 is 5.32 Å². The van der Waals surface area contributed by atoms with Gasteiger partial charge in [-0.05, 0) is 44.1 Å². The number of esters is 1. The van der Waals surface area contributed by atoms with Crippen molar-refractivity contribution in [3.05, 3.63) is 28.1 Å². The molecule has 0 spiro atoms. The molecule has 140 valence electrons. The molecule has 1 N–H and O–H groups in total. The summed E-state index contributed by atoms with van der Waals surface area (Å²) in [5, 5.41) is 5.82. The van der Waals surface area contributed by atoms with Gasteiger partial charge in [-0.3, -0.25) is 4.79 Å². The van der Waals surface area contributed by atoms with E-state index in [9.17, 15) is 9.59 Å². The van der Waals surface area contributed by atoms with Crippen molar-refractivity contribution < 1.29 is 14.3 Å². The zero-order valence-electron chi connectivity index (χ0n) is 15.3. The lowest BCUT2D eigenvalue weighted by molar-refractivity contribution is -0.130. The van der Waals surface area contributed by atoms with Crippen molar-refractivity contribution in [1.82, 2.24) is 10.3 Å². The predicted molar refractivity (Wildman–Crippen MR) is 105 cm³/mol. The van der Waals surface area contributed by atoms with Crippen molar-refractivity contribution in [3.63, 3.8) is 0 Å². The maximum absolute atomic E-state index is 12.5. The standard InChI is InChI=1S/C19H24N2O3S2/c1-11-7-4-5-8-14(11)21-17(22)13(3)24-19(23)16-12(2)20-18(26-16)15-9-6-10-25-15/h6,9-11,13-14H,4-5,7-8H2,1-3H3,(H,21,22). The molecule has 2 heterocycles. The molecule has 0 bridgehead atoms. The fraction of sp³-hybridized carbons (Fsp3) is 0.526. The van der Waals surface area contributed by atoms with Crippen LogP contribution >= 0.6 is 22.7 Å². The molecule has 1 fully saturated rings. The predicted octanol–water partition coefficient (Wildman–Crippen LogP) is 4.42. The minimum Gasteiger partial charge on any atom is -0.448 e. The number of nitrogens with zero attached hydrogens (tertiary/aromatic N) is 1. The molecule has 7 heteroatoms. The van der Waals surface area contributed by atoms with Crippen molar-refractivity contribution in [2.24, 2.45) is 5.92 Å². The molecule has 26 heavy (non-hydrogen) atoms. The first-order valence-corrected chi connectivity index (χ1v) is 10.7. The van der Waals surface area contributed by atoms with Gasteiger partial charge < -0.3 is 10.1 Å². The lowest BCUT2D eigenvalue weighted by Crippen LogP contribution is -2.45. The van der Waals surface area contributed by atoms with E-state index in [-0.39, 0.29) is 11.9 Å². The van der Waals surface area contributed by atoms with Gasteiger partial charge >= 0.3 is 5.97 Å². The average molecular weight is 393 g/mol. The zero-order valence-corrected chi connectivity index (χ0v) is 16.9. The summed E-state index contributed by atoms with van der Waals surface area (Å²) in [5.74, 6) is -0.243. The Hall–Kier alpha value is -1.73. The normalized spacial score (nSPS) is 21.2. The van der Waals surface area contributed by atoms with Gasteiger partial charge in [0.05, 0.1) is 10.6 Å². The number of ether oxygens (including phenoxy) is 1. The van der Waals surface area contributed by atoms with Crippen molar-refractivity contribution in [2.45, 2.75) is 58.6 Å². The summed E-state index contributed by atoms with van der Waals surface area (Å²) < 4.78 is 5.41. The quantitative estimate of drug-likeness (QED) is 0.765. The van der Waals surface area contributed by atoms with Crippen molar-refractivity contribution in [1.29, 1.82) is 0 Å². The van der Waals surface area contributed by atoms with E-state index >= 15 is 0 Å². The molecule has 3 unspecified atom stereocenters. The Labute approximate surface area is 161 Å². The van der Waals surface area contributed by atoms with Gasteiger partial charge in [0, 0.05) is 6.04 Å². The summed E-state index contributed by atoms with van der Waals surface area (Å²) in [7, 11) is 0. The fourth-order valence-electron chi connectivity index (χ4n) is 3.19. The maximum Gasteiger partial charge on any atom is 0.351 e. The Morgan fingerprint density at radius 2 is 2.12 bits per heavy atom. The Morgan fingerprint density at radius 3 is 2.81 bits per heavy atom. The van der Waals surface area contributed by atoms with Crippen LogP contribution in [0.15, 0.2) is 17.5 Å². The summed E-state index contributed by atoms with van der Waals surface area (Å²) in [6, 6.07) is 4.10. The number of carbonyl (C=O) groups is 2. The lowest BCUT2D eigenvalue weighted by Gasteiger charge is -2.30. The third-order valence-corrected chi connectivity index (χ3v) is 6.98. The van der Waals surface area contributed by atoms with Gasteiger partial charge in [0.25, 0.3) is 5.91 Å². The zero-order chi connectivity index (χ0) is 18.7. The van der Waals surface area contributed by atoms with Crippen LogP contribution in [0, 0.1) is 12.8 Å². The second kappa shape index (κ2) is 8.31. The molecule has 0 saturated heterocycles. The third kappa shape index (κ3) is 4.32. The fourth-order valence-corrected chi connectivity index (χ4v) is 4.94. The summed E-state index contributed by atoms with van der Waals surface area (Å²) in [5.41, 5.74) is 0.636. The first kappa shape index (κ1) is 19.0. The van der Waals surface area contributed by atoms with Crippen LogP contribution in [-0.4, -0.2) is 29.0 Å². The van der Waals surface area contributed by atoms with Gasteiger partial charge in [-0.25, -0.2) is 9.78 Å². The van der Waals surface area contributed by atoms with E-state index in [4.69, 9.17) is 4.74 Å². The Bertz CT molecular complexity index is 770. The first-order chi connectivity index (χ1) is 12.5. The molecule has 3 rings (SSSR count). The Kier molecular flexibility index (Phi) is 6.09. The van der Waals surface area contributed by atoms with Crippen LogP contribution in [0.2, 0.25) is 0 Å². The second-order valence-corrected chi connectivity index (χ2v) is 8.78. The van der Waals surface area contributed by atoms with E-state index < -0.39 is 12.1 Å². The summed E-state index contributed by atoms with van der Waals surface area (Å²) in [6.45, 7) is 5.57. The number of aromatic nitrogens is 1. The van der Waals surface area contributed by atoms with Gasteiger partial charge in [0.1, 0.15) is 9.88 Å². The van der Waals surface area contributed by atoms with E-state index in [0.29, 0.717) is 16.5 Å². The highest BCUT2D eigenvalue weighted by Gasteiger charge is 2.27. The van der Waals surface area contributed by atoms with Gasteiger partial charge in [-0.1, -0.05) is 25.8 Å². The molecule has 2 aromatic rings. The molecular weight excluding hydrogens is 368 g/mol. The van der Waals surface area contributed by atoms with Crippen LogP contribution in [0.25, 0.3) is 9.88 Å². The number of rotatable bonds is 5. The van der Waals surface area contributed by atoms with Gasteiger partial charge in [0.15, 0.2) is 6.10 Å². The number of hydrogen-bond acceptors (Lipinski definition) is 6. The van der Waals surface area contributed by atoms with E-state index in [1.165, 1.54) is 17.8 Å². The largest absolute Gasteiger partial charge is 0.448 e. The maximum atomic E-state index is 12.5. The molecule has 0 radical (unpaired) electrons. The van der Waals surface area contributed by atoms with E-state index in [2.05, 4.69) is 17.2 Å². The summed E-state index contributed by atoms with van der Waals surface area (Å²) in [4.78, 5) is 30.8. The van der Waals surface area contributed by atoms with Crippen molar-refractivity contribution >= 4 is 34.6 Å². The molecule has 0 aromatic carbocycles. The molecule has 1 saturated carbocycles. The van der Waals surface area contributed by atoms with Gasteiger partial charge in [-0.2, -0.15) is 0 Å². The minimum absolute atomic E-state index is 0.174. The minimum atomic E-state index is -0.816. The van der Waals surface area contributed by atoms with Crippen molar-refractivity contribution in [2.75, 3.05) is 0 Å².